The van der Waals surface area contributed by atoms with Crippen LogP contribution in [-0.2, 0) is 11.2 Å². The van der Waals surface area contributed by atoms with E-state index in [0.29, 0.717) is 26.2 Å². The predicted octanol–water partition coefficient (Wildman–Crippen LogP) is 0.253. The van der Waals surface area contributed by atoms with Gasteiger partial charge in [0.05, 0.1) is 6.42 Å². The van der Waals surface area contributed by atoms with Crippen LogP contribution < -0.4 is 20.5 Å². The van der Waals surface area contributed by atoms with E-state index in [4.69, 9.17) is 20.4 Å². The third-order valence-electron chi connectivity index (χ3n) is 2.81. The quantitative estimate of drug-likeness (QED) is 0.310. The number of nitrogens with zero attached hydrogens (tertiary/aromatic N) is 1. The molecule has 0 bridgehead atoms. The van der Waals surface area contributed by atoms with Crippen LogP contribution in [-0.4, -0.2) is 36.7 Å². The third-order valence-corrected chi connectivity index (χ3v) is 2.81. The smallest absolute Gasteiger partial charge is 0.227 e. The molecule has 0 fully saturated rings. The molecule has 20 heavy (non-hydrogen) atoms. The molecule has 1 aliphatic heterocycles. The molecule has 0 aromatic heterocycles. The summed E-state index contributed by atoms with van der Waals surface area (Å²) < 4.78 is 10.9. The average molecular weight is 279 g/mol. The lowest BCUT2D eigenvalue weighted by Crippen LogP contribution is -2.30. The van der Waals surface area contributed by atoms with E-state index in [0.717, 1.165) is 17.1 Å². The minimum absolute atomic E-state index is 0.109. The van der Waals surface area contributed by atoms with Gasteiger partial charge in [0.25, 0.3) is 0 Å². The first kappa shape index (κ1) is 14.0. The van der Waals surface area contributed by atoms with Gasteiger partial charge in [-0.1, -0.05) is 11.2 Å². The highest BCUT2D eigenvalue weighted by molar-refractivity contribution is 5.98. The van der Waals surface area contributed by atoms with Gasteiger partial charge in [0.15, 0.2) is 11.5 Å². The molecule has 108 valence electrons. The topological polar surface area (TPSA) is 106 Å². The Bertz CT molecular complexity index is 516. The van der Waals surface area contributed by atoms with Crippen molar-refractivity contribution < 1.29 is 19.5 Å². The van der Waals surface area contributed by atoms with Crippen LogP contribution in [0.1, 0.15) is 12.0 Å². The third kappa shape index (κ3) is 3.78. The summed E-state index contributed by atoms with van der Waals surface area (Å²) in [4.78, 5) is 11.4. The fraction of sp³-hybridized carbons (Fsp3) is 0.385. The molecule has 0 saturated heterocycles. The molecule has 2 rings (SSSR count). The van der Waals surface area contributed by atoms with Crippen molar-refractivity contribution in [3.05, 3.63) is 23.8 Å². The van der Waals surface area contributed by atoms with E-state index < -0.39 is 0 Å². The Hall–Kier alpha value is -2.44. The number of amides is 1. The number of hydrogen-bond acceptors (Lipinski definition) is 5. The number of amidine groups is 1. The van der Waals surface area contributed by atoms with Crippen LogP contribution in [0.15, 0.2) is 23.4 Å². The summed E-state index contributed by atoms with van der Waals surface area (Å²) in [6.45, 7) is 1.58. The second-order valence-electron chi connectivity index (χ2n) is 4.35. The van der Waals surface area contributed by atoms with Gasteiger partial charge < -0.3 is 25.7 Å². The van der Waals surface area contributed by atoms with E-state index in [1.54, 1.807) is 0 Å². The van der Waals surface area contributed by atoms with Crippen LogP contribution in [0.2, 0.25) is 0 Å². The normalized spacial score (nSPS) is 13.9. The summed E-state index contributed by atoms with van der Waals surface area (Å²) in [6.07, 6.45) is 0.552. The molecule has 0 saturated carbocycles. The summed E-state index contributed by atoms with van der Waals surface area (Å²) >= 11 is 0. The summed E-state index contributed by atoms with van der Waals surface area (Å²) in [7, 11) is 0. The SMILES string of the molecule is N/C(CC(=O)NCCc1ccc2c(c1)OCCO2)=N\O. The molecule has 4 N–H and O–H groups in total. The average Bonchev–Trinajstić information content (AvgIpc) is 2.47. The van der Waals surface area contributed by atoms with Crippen LogP contribution in [0.5, 0.6) is 11.5 Å². The molecule has 1 aromatic carbocycles. The molecule has 0 unspecified atom stereocenters. The Morgan fingerprint density at radius 3 is 2.85 bits per heavy atom. The number of nitrogens with two attached hydrogens (primary N) is 1. The zero-order valence-corrected chi connectivity index (χ0v) is 11.0. The highest BCUT2D eigenvalue weighted by Gasteiger charge is 2.11. The molecule has 0 spiro atoms. The molecular weight excluding hydrogens is 262 g/mol. The number of oxime groups is 1. The maximum atomic E-state index is 11.4. The van der Waals surface area contributed by atoms with Crippen molar-refractivity contribution in [2.75, 3.05) is 19.8 Å². The van der Waals surface area contributed by atoms with E-state index >= 15 is 0 Å². The van der Waals surface area contributed by atoms with E-state index in [9.17, 15) is 4.79 Å². The first-order valence-electron chi connectivity index (χ1n) is 6.30. The Morgan fingerprint density at radius 2 is 2.10 bits per heavy atom. The maximum absolute atomic E-state index is 11.4. The minimum Gasteiger partial charge on any atom is -0.486 e. The van der Waals surface area contributed by atoms with Crippen LogP contribution >= 0.6 is 0 Å². The number of fused-ring (bicyclic) bond motifs is 1. The lowest BCUT2D eigenvalue weighted by Gasteiger charge is -2.18. The van der Waals surface area contributed by atoms with E-state index in [2.05, 4.69) is 10.5 Å². The number of nitrogens with one attached hydrogen (secondary N) is 1. The number of benzene rings is 1. The fourth-order valence-electron chi connectivity index (χ4n) is 1.85. The Labute approximate surface area is 116 Å². The fourth-order valence-corrected chi connectivity index (χ4v) is 1.85. The molecule has 1 amide bonds. The van der Waals surface area contributed by atoms with Crippen molar-refractivity contribution in [1.29, 1.82) is 0 Å². The highest BCUT2D eigenvalue weighted by Crippen LogP contribution is 2.30. The van der Waals surface area contributed by atoms with Crippen LogP contribution in [0.25, 0.3) is 0 Å². The number of ether oxygens (including phenoxy) is 2. The van der Waals surface area contributed by atoms with Crippen molar-refractivity contribution >= 4 is 11.7 Å². The van der Waals surface area contributed by atoms with Gasteiger partial charge in [-0.2, -0.15) is 0 Å². The Morgan fingerprint density at radius 1 is 1.35 bits per heavy atom. The number of carbonyl (C=O) groups is 1. The predicted molar refractivity (Wildman–Crippen MR) is 72.2 cm³/mol. The molecule has 7 heteroatoms. The molecule has 0 radical (unpaired) electrons. The summed E-state index contributed by atoms with van der Waals surface area (Å²) in [5, 5.41) is 13.8. The monoisotopic (exact) mass is 279 g/mol. The molecule has 1 aromatic rings. The maximum Gasteiger partial charge on any atom is 0.227 e. The van der Waals surface area contributed by atoms with Crippen LogP contribution in [0, 0.1) is 0 Å². The number of carbonyl (C=O) groups excluding carboxylic acids is 1. The zero-order chi connectivity index (χ0) is 14.4. The second kappa shape index (κ2) is 6.65. The highest BCUT2D eigenvalue weighted by atomic mass is 16.6. The standard InChI is InChI=1S/C13H17N3O4/c14-12(16-18)8-13(17)15-4-3-9-1-2-10-11(7-9)20-6-5-19-10/h1-2,7,18H,3-6,8H2,(H2,14,16)(H,15,17). The Kier molecular flexibility index (Phi) is 4.65. The summed E-state index contributed by atoms with van der Waals surface area (Å²) in [5.41, 5.74) is 6.28. The van der Waals surface area contributed by atoms with Gasteiger partial charge in [-0.05, 0) is 24.1 Å². The molecule has 0 atom stereocenters. The van der Waals surface area contributed by atoms with Crippen molar-refractivity contribution in [2.45, 2.75) is 12.8 Å². The van der Waals surface area contributed by atoms with E-state index in [-0.39, 0.29) is 18.2 Å². The van der Waals surface area contributed by atoms with Crippen LogP contribution in [0.4, 0.5) is 0 Å². The van der Waals surface area contributed by atoms with Gasteiger partial charge in [-0.15, -0.1) is 0 Å². The number of rotatable bonds is 5. The lowest BCUT2D eigenvalue weighted by molar-refractivity contribution is -0.119. The molecule has 1 heterocycles. The largest absolute Gasteiger partial charge is 0.486 e. The van der Waals surface area contributed by atoms with Crippen molar-refractivity contribution in [3.8, 4) is 11.5 Å². The minimum atomic E-state index is -0.280. The first-order valence-corrected chi connectivity index (χ1v) is 6.30. The van der Waals surface area contributed by atoms with Gasteiger partial charge in [0, 0.05) is 6.54 Å². The van der Waals surface area contributed by atoms with Gasteiger partial charge in [0.2, 0.25) is 5.91 Å². The van der Waals surface area contributed by atoms with Crippen molar-refractivity contribution in [2.24, 2.45) is 10.9 Å². The van der Waals surface area contributed by atoms with Gasteiger partial charge in [-0.25, -0.2) is 0 Å². The lowest BCUT2D eigenvalue weighted by atomic mass is 10.1. The number of hydrogen-bond donors (Lipinski definition) is 3. The molecule has 7 nitrogen and oxygen atoms in total. The second-order valence-corrected chi connectivity index (χ2v) is 4.35. The van der Waals surface area contributed by atoms with Crippen molar-refractivity contribution in [1.82, 2.24) is 5.32 Å². The summed E-state index contributed by atoms with van der Waals surface area (Å²) in [6, 6.07) is 5.70. The zero-order valence-electron chi connectivity index (χ0n) is 11.0. The molecule has 1 aliphatic rings. The van der Waals surface area contributed by atoms with Crippen molar-refractivity contribution in [3.63, 3.8) is 0 Å². The summed E-state index contributed by atoms with van der Waals surface area (Å²) in [5.74, 6) is 1.09. The van der Waals surface area contributed by atoms with Gasteiger partial charge >= 0.3 is 0 Å². The molecule has 0 aliphatic carbocycles. The first-order chi connectivity index (χ1) is 9.69. The van der Waals surface area contributed by atoms with Gasteiger partial charge in [-0.3, -0.25) is 4.79 Å². The van der Waals surface area contributed by atoms with E-state index in [1.807, 2.05) is 18.2 Å². The van der Waals surface area contributed by atoms with Gasteiger partial charge in [0.1, 0.15) is 19.0 Å². The Balaban J connectivity index is 1.81. The van der Waals surface area contributed by atoms with Crippen LogP contribution in [0.3, 0.4) is 0 Å². The van der Waals surface area contributed by atoms with E-state index in [1.165, 1.54) is 0 Å². The molecular formula is C13H17N3O4.